The van der Waals surface area contributed by atoms with E-state index in [0.717, 1.165) is 35.9 Å². The molecule has 1 aliphatic carbocycles. The highest BCUT2D eigenvalue weighted by Crippen LogP contribution is 2.29. The van der Waals surface area contributed by atoms with Gasteiger partial charge in [-0.2, -0.15) is 0 Å². The van der Waals surface area contributed by atoms with Crippen molar-refractivity contribution in [2.24, 2.45) is 0 Å². The molecule has 2 aromatic heterocycles. The molecule has 3 heterocycles. The first-order chi connectivity index (χ1) is 14.0. The van der Waals surface area contributed by atoms with Crippen molar-refractivity contribution in [1.29, 1.82) is 0 Å². The Hall–Kier alpha value is -2.87. The average molecular weight is 397 g/mol. The Kier molecular flexibility index (Phi) is 5.53. The summed E-state index contributed by atoms with van der Waals surface area (Å²) in [6, 6.07) is 4.33. The number of aromatic amines is 1. The first-order valence-corrected chi connectivity index (χ1v) is 10.2. The number of aliphatic carboxylic acids is 1. The van der Waals surface area contributed by atoms with E-state index in [4.69, 9.17) is 5.11 Å². The smallest absolute Gasteiger partial charge is 0.317 e. The summed E-state index contributed by atoms with van der Waals surface area (Å²) in [7, 11) is 0. The summed E-state index contributed by atoms with van der Waals surface area (Å²) >= 11 is 0. The van der Waals surface area contributed by atoms with Gasteiger partial charge in [-0.15, -0.1) is 0 Å². The second-order valence-corrected chi connectivity index (χ2v) is 7.76. The number of hydrogen-bond acceptors (Lipinski definition) is 4. The normalized spacial score (nSPS) is 21.7. The van der Waals surface area contributed by atoms with Crippen LogP contribution in [0.3, 0.4) is 0 Å². The topological polar surface area (TPSA) is 102 Å². The summed E-state index contributed by atoms with van der Waals surface area (Å²) in [6.07, 6.45) is 8.31. The Morgan fingerprint density at radius 3 is 2.93 bits per heavy atom. The van der Waals surface area contributed by atoms with Gasteiger partial charge in [0, 0.05) is 48.5 Å². The van der Waals surface area contributed by atoms with Crippen LogP contribution in [-0.2, 0) is 4.79 Å². The molecule has 29 heavy (non-hydrogen) atoms. The van der Waals surface area contributed by atoms with Crippen LogP contribution in [0.4, 0.5) is 4.79 Å². The fourth-order valence-electron chi connectivity index (χ4n) is 4.26. The third-order valence-electron chi connectivity index (χ3n) is 6.00. The molecule has 0 atom stereocenters. The number of H-pyrrole nitrogens is 1. The number of nitrogens with one attached hydrogen (secondary N) is 2. The number of likely N-dealkylation sites (N-methyl/N-ethyl adjacent to an activating group) is 1. The summed E-state index contributed by atoms with van der Waals surface area (Å²) in [5.74, 6) is -0.804. The number of carboxylic acids is 1. The van der Waals surface area contributed by atoms with Crippen LogP contribution in [0.25, 0.3) is 16.6 Å². The monoisotopic (exact) mass is 397 g/mol. The van der Waals surface area contributed by atoms with E-state index < -0.39 is 5.97 Å². The molecule has 0 saturated heterocycles. The first-order valence-electron chi connectivity index (χ1n) is 10.2. The van der Waals surface area contributed by atoms with Crippen LogP contribution in [0.15, 0.2) is 30.6 Å². The van der Waals surface area contributed by atoms with Gasteiger partial charge in [0.05, 0.1) is 6.54 Å². The van der Waals surface area contributed by atoms with E-state index in [1.165, 1.54) is 5.57 Å². The van der Waals surface area contributed by atoms with Crippen molar-refractivity contribution in [3.8, 4) is 0 Å². The highest BCUT2D eigenvalue weighted by molar-refractivity contribution is 5.91. The molecule has 3 N–H and O–H groups in total. The fraction of sp³-hybridized carbons (Fsp3) is 0.476. The van der Waals surface area contributed by atoms with Crippen LogP contribution in [0, 0.1) is 0 Å². The number of carbonyl (C=O) groups is 2. The molecule has 2 aromatic rings. The van der Waals surface area contributed by atoms with Gasteiger partial charge in [-0.05, 0) is 43.5 Å². The fourth-order valence-corrected chi connectivity index (χ4v) is 4.26. The Morgan fingerprint density at radius 2 is 2.24 bits per heavy atom. The lowest BCUT2D eigenvalue weighted by atomic mass is 9.85. The minimum atomic E-state index is -0.804. The van der Waals surface area contributed by atoms with Crippen LogP contribution < -0.4 is 5.32 Å². The van der Waals surface area contributed by atoms with Gasteiger partial charge in [-0.1, -0.05) is 13.0 Å². The van der Waals surface area contributed by atoms with E-state index in [0.29, 0.717) is 19.6 Å². The number of nitrogens with zero attached hydrogens (tertiary/aromatic N) is 3. The van der Waals surface area contributed by atoms with Crippen molar-refractivity contribution in [3.63, 3.8) is 0 Å². The van der Waals surface area contributed by atoms with Crippen LogP contribution in [-0.4, -0.2) is 75.1 Å². The third kappa shape index (κ3) is 4.12. The Labute approximate surface area is 169 Å². The third-order valence-corrected chi connectivity index (χ3v) is 6.00. The summed E-state index contributed by atoms with van der Waals surface area (Å²) in [4.78, 5) is 34.9. The Bertz CT molecular complexity index is 931. The quantitative estimate of drug-likeness (QED) is 0.694. The Morgan fingerprint density at radius 1 is 1.41 bits per heavy atom. The minimum Gasteiger partial charge on any atom is -0.480 e. The molecule has 2 amide bonds. The number of fused-ring (bicyclic) bond motifs is 1. The maximum atomic E-state index is 12.6. The number of pyridine rings is 1. The lowest BCUT2D eigenvalue weighted by molar-refractivity contribution is -0.139. The lowest BCUT2D eigenvalue weighted by Crippen LogP contribution is -2.57. The number of amides is 2. The van der Waals surface area contributed by atoms with Crippen LogP contribution >= 0.6 is 0 Å². The number of urea groups is 1. The predicted octanol–water partition coefficient (Wildman–Crippen LogP) is 2.30. The molecule has 0 bridgehead atoms. The highest BCUT2D eigenvalue weighted by atomic mass is 16.4. The molecule has 0 aromatic carbocycles. The second kappa shape index (κ2) is 8.24. The van der Waals surface area contributed by atoms with Crippen molar-refractivity contribution >= 4 is 28.6 Å². The van der Waals surface area contributed by atoms with Gasteiger partial charge in [-0.25, -0.2) is 9.78 Å². The molecular weight excluding hydrogens is 370 g/mol. The van der Waals surface area contributed by atoms with E-state index >= 15 is 0 Å². The van der Waals surface area contributed by atoms with E-state index in [1.807, 2.05) is 29.0 Å². The molecule has 1 saturated carbocycles. The largest absolute Gasteiger partial charge is 0.480 e. The molecule has 4 rings (SSSR count). The van der Waals surface area contributed by atoms with Gasteiger partial charge in [-0.3, -0.25) is 9.69 Å². The van der Waals surface area contributed by atoms with Gasteiger partial charge in [0.2, 0.25) is 0 Å². The van der Waals surface area contributed by atoms with Gasteiger partial charge < -0.3 is 20.3 Å². The number of carbonyl (C=O) groups excluding carboxylic acids is 1. The van der Waals surface area contributed by atoms with Crippen molar-refractivity contribution in [1.82, 2.24) is 25.1 Å². The summed E-state index contributed by atoms with van der Waals surface area (Å²) < 4.78 is 0. The number of hydrogen-bond donors (Lipinski definition) is 3. The van der Waals surface area contributed by atoms with Crippen LogP contribution in [0.5, 0.6) is 0 Å². The molecule has 154 valence electrons. The summed E-state index contributed by atoms with van der Waals surface area (Å²) in [5, 5.41) is 13.2. The molecule has 0 spiro atoms. The van der Waals surface area contributed by atoms with Crippen LogP contribution in [0.1, 0.15) is 31.7 Å². The van der Waals surface area contributed by atoms with Crippen molar-refractivity contribution in [2.45, 2.75) is 38.3 Å². The predicted molar refractivity (Wildman–Crippen MR) is 110 cm³/mol. The van der Waals surface area contributed by atoms with Crippen molar-refractivity contribution in [3.05, 3.63) is 36.2 Å². The SMILES string of the molecule is CCN(CC(=O)O)C1CC(NC(=O)N2CC=C(c3c[nH]c4ncccc34)CC2)C1. The lowest BCUT2D eigenvalue weighted by Gasteiger charge is -2.43. The molecule has 1 aliphatic heterocycles. The Balaban J connectivity index is 1.29. The first kappa shape index (κ1) is 19.4. The van der Waals surface area contributed by atoms with Gasteiger partial charge in [0.15, 0.2) is 0 Å². The summed E-state index contributed by atoms with van der Waals surface area (Å²) in [5.41, 5.74) is 3.28. The van der Waals surface area contributed by atoms with E-state index in [-0.39, 0.29) is 24.7 Å². The van der Waals surface area contributed by atoms with Gasteiger partial charge in [0.1, 0.15) is 5.65 Å². The maximum absolute atomic E-state index is 12.6. The highest BCUT2D eigenvalue weighted by Gasteiger charge is 2.35. The second-order valence-electron chi connectivity index (χ2n) is 7.76. The maximum Gasteiger partial charge on any atom is 0.317 e. The molecule has 1 fully saturated rings. The van der Waals surface area contributed by atoms with Crippen molar-refractivity contribution < 1.29 is 14.7 Å². The molecule has 0 unspecified atom stereocenters. The number of rotatable bonds is 6. The number of aromatic nitrogens is 2. The molecule has 8 nitrogen and oxygen atoms in total. The van der Waals surface area contributed by atoms with E-state index in [2.05, 4.69) is 27.4 Å². The minimum absolute atomic E-state index is 0.0365. The molecule has 0 radical (unpaired) electrons. The van der Waals surface area contributed by atoms with E-state index in [9.17, 15) is 9.59 Å². The zero-order valence-electron chi connectivity index (χ0n) is 16.6. The summed E-state index contributed by atoms with van der Waals surface area (Å²) in [6.45, 7) is 4.01. The van der Waals surface area contributed by atoms with Gasteiger partial charge >= 0.3 is 12.0 Å². The average Bonchev–Trinajstić information content (AvgIpc) is 3.13. The zero-order chi connectivity index (χ0) is 20.4. The van der Waals surface area contributed by atoms with E-state index in [1.54, 1.807) is 6.20 Å². The molecule has 8 heteroatoms. The van der Waals surface area contributed by atoms with Gasteiger partial charge in [0.25, 0.3) is 0 Å². The van der Waals surface area contributed by atoms with Crippen LogP contribution in [0.2, 0.25) is 0 Å². The molecular formula is C21H27N5O3. The standard InChI is InChI=1S/C21H27N5O3/c1-2-25(13-19(27)28)16-10-15(11-16)24-21(29)26-8-5-14(6-9-26)18-12-23-20-17(18)4-3-7-22-20/h3-5,7,12,15-16H,2,6,8-11,13H2,1H3,(H,22,23)(H,24,29)(H,27,28). The number of carboxylic acid groups (broad SMARTS) is 1. The molecule has 2 aliphatic rings. The zero-order valence-corrected chi connectivity index (χ0v) is 16.6. The van der Waals surface area contributed by atoms with Crippen molar-refractivity contribution in [2.75, 3.05) is 26.2 Å².